The highest BCUT2D eigenvalue weighted by Crippen LogP contribution is 2.32. The first-order chi connectivity index (χ1) is 15.8. The number of benzene rings is 3. The number of anilines is 2. The van der Waals surface area contributed by atoms with E-state index in [-0.39, 0.29) is 10.7 Å². The summed E-state index contributed by atoms with van der Waals surface area (Å²) in [6, 6.07) is 18.4. The van der Waals surface area contributed by atoms with Gasteiger partial charge in [0.2, 0.25) is 0 Å². The fraction of sp³-hybridized carbons (Fsp3) is 0.0800. The molecular formula is C25H18Cl2N2O4. The molecule has 33 heavy (non-hydrogen) atoms. The van der Waals surface area contributed by atoms with Crippen molar-refractivity contribution in [1.29, 1.82) is 0 Å². The molecule has 0 aliphatic carbocycles. The third kappa shape index (κ3) is 4.49. The molecule has 0 fully saturated rings. The molecule has 0 unspecified atom stereocenters. The second-order valence-electron chi connectivity index (χ2n) is 7.43. The molecule has 0 radical (unpaired) electrons. The summed E-state index contributed by atoms with van der Waals surface area (Å²) in [5, 5.41) is 3.07. The number of esters is 1. The van der Waals surface area contributed by atoms with Crippen LogP contribution in [0.3, 0.4) is 0 Å². The van der Waals surface area contributed by atoms with Gasteiger partial charge in [-0.15, -0.1) is 0 Å². The normalized spacial score (nSPS) is 13.5. The summed E-state index contributed by atoms with van der Waals surface area (Å²) in [5.41, 5.74) is 2.72. The van der Waals surface area contributed by atoms with Gasteiger partial charge in [0.05, 0.1) is 11.3 Å². The third-order valence-corrected chi connectivity index (χ3v) is 5.88. The maximum Gasteiger partial charge on any atom is 0.343 e. The SMILES string of the molecule is Cc1ccc(N2C(=O)C(Cl)=C(Nc3ccc(C(=O)Oc4ccccc4C)cc3)C2=O)cc1Cl. The number of para-hydroxylation sites is 1. The lowest BCUT2D eigenvalue weighted by Gasteiger charge is -2.16. The van der Waals surface area contributed by atoms with Gasteiger partial charge in [-0.05, 0) is 67.4 Å². The van der Waals surface area contributed by atoms with E-state index in [0.717, 1.165) is 16.0 Å². The van der Waals surface area contributed by atoms with Crippen molar-refractivity contribution in [3.63, 3.8) is 0 Å². The number of hydrogen-bond acceptors (Lipinski definition) is 5. The van der Waals surface area contributed by atoms with Gasteiger partial charge in [0, 0.05) is 10.7 Å². The van der Waals surface area contributed by atoms with Gasteiger partial charge in [0.25, 0.3) is 11.8 Å². The van der Waals surface area contributed by atoms with Crippen LogP contribution in [0.1, 0.15) is 21.5 Å². The first kappa shape index (κ1) is 22.6. The van der Waals surface area contributed by atoms with Crippen molar-refractivity contribution in [3.8, 4) is 5.75 Å². The van der Waals surface area contributed by atoms with E-state index in [4.69, 9.17) is 27.9 Å². The summed E-state index contributed by atoms with van der Waals surface area (Å²) in [6.07, 6.45) is 0. The van der Waals surface area contributed by atoms with Crippen LogP contribution in [-0.2, 0) is 9.59 Å². The van der Waals surface area contributed by atoms with Crippen molar-refractivity contribution in [2.75, 3.05) is 10.2 Å². The van der Waals surface area contributed by atoms with E-state index in [2.05, 4.69) is 5.32 Å². The number of aryl methyl sites for hydroxylation is 2. The Bertz CT molecular complexity index is 1320. The molecule has 1 aliphatic rings. The van der Waals surface area contributed by atoms with Gasteiger partial charge in [0.1, 0.15) is 16.5 Å². The number of nitrogens with zero attached hydrogens (tertiary/aromatic N) is 1. The predicted octanol–water partition coefficient (Wildman–Crippen LogP) is 5.61. The number of carbonyl (C=O) groups excluding carboxylic acids is 3. The van der Waals surface area contributed by atoms with Crippen molar-refractivity contribution >= 4 is 52.4 Å². The summed E-state index contributed by atoms with van der Waals surface area (Å²) in [4.78, 5) is 38.9. The van der Waals surface area contributed by atoms with E-state index in [1.807, 2.05) is 26.0 Å². The summed E-state index contributed by atoms with van der Waals surface area (Å²) in [7, 11) is 0. The minimum atomic E-state index is -0.650. The van der Waals surface area contributed by atoms with Crippen molar-refractivity contribution in [2.45, 2.75) is 13.8 Å². The lowest BCUT2D eigenvalue weighted by molar-refractivity contribution is -0.120. The number of rotatable bonds is 5. The molecule has 8 heteroatoms. The Labute approximate surface area is 200 Å². The van der Waals surface area contributed by atoms with Gasteiger partial charge in [-0.2, -0.15) is 0 Å². The Kier molecular flexibility index (Phi) is 6.22. The molecule has 3 aromatic rings. The Balaban J connectivity index is 1.50. The lowest BCUT2D eigenvalue weighted by atomic mass is 10.2. The Morgan fingerprint density at radius 2 is 1.58 bits per heavy atom. The van der Waals surface area contributed by atoms with Crippen LogP contribution in [-0.4, -0.2) is 17.8 Å². The second-order valence-corrected chi connectivity index (χ2v) is 8.21. The lowest BCUT2D eigenvalue weighted by Crippen LogP contribution is -2.32. The van der Waals surface area contributed by atoms with Crippen molar-refractivity contribution in [1.82, 2.24) is 0 Å². The van der Waals surface area contributed by atoms with E-state index in [0.29, 0.717) is 27.7 Å². The molecule has 6 nitrogen and oxygen atoms in total. The molecule has 0 bridgehead atoms. The van der Waals surface area contributed by atoms with E-state index in [9.17, 15) is 14.4 Å². The monoisotopic (exact) mass is 480 g/mol. The molecule has 1 heterocycles. The van der Waals surface area contributed by atoms with Crippen molar-refractivity contribution in [2.24, 2.45) is 0 Å². The Hall–Kier alpha value is -3.61. The van der Waals surface area contributed by atoms with Gasteiger partial charge < -0.3 is 10.1 Å². The number of ether oxygens (including phenoxy) is 1. The summed E-state index contributed by atoms with van der Waals surface area (Å²) in [6.45, 7) is 3.67. The maximum atomic E-state index is 12.9. The highest BCUT2D eigenvalue weighted by molar-refractivity contribution is 6.53. The highest BCUT2D eigenvalue weighted by Gasteiger charge is 2.39. The second kappa shape index (κ2) is 9.10. The maximum absolute atomic E-state index is 12.9. The van der Waals surface area contributed by atoms with Crippen LogP contribution in [0.4, 0.5) is 11.4 Å². The average Bonchev–Trinajstić information content (AvgIpc) is 3.01. The molecule has 1 aliphatic heterocycles. The molecule has 4 rings (SSSR count). The molecule has 0 saturated carbocycles. The smallest absolute Gasteiger partial charge is 0.343 e. The van der Waals surface area contributed by atoms with Crippen LogP contribution in [0.25, 0.3) is 0 Å². The number of nitrogens with one attached hydrogen (secondary N) is 1. The quantitative estimate of drug-likeness (QED) is 0.291. The number of halogens is 2. The topological polar surface area (TPSA) is 75.7 Å². The number of imide groups is 1. The Morgan fingerprint density at radius 1 is 0.879 bits per heavy atom. The summed E-state index contributed by atoms with van der Waals surface area (Å²) >= 11 is 12.3. The zero-order valence-electron chi connectivity index (χ0n) is 17.7. The minimum absolute atomic E-state index is 0.0615. The first-order valence-corrected chi connectivity index (χ1v) is 10.7. The fourth-order valence-corrected chi connectivity index (χ4v) is 3.62. The molecular weight excluding hydrogens is 463 g/mol. The van der Waals surface area contributed by atoms with E-state index in [1.54, 1.807) is 48.5 Å². The zero-order chi connectivity index (χ0) is 23.7. The van der Waals surface area contributed by atoms with Crippen molar-refractivity contribution < 1.29 is 19.1 Å². The third-order valence-electron chi connectivity index (χ3n) is 5.13. The van der Waals surface area contributed by atoms with E-state index >= 15 is 0 Å². The number of carbonyl (C=O) groups is 3. The molecule has 0 aromatic heterocycles. The van der Waals surface area contributed by atoms with E-state index < -0.39 is 17.8 Å². The minimum Gasteiger partial charge on any atom is -0.423 e. The zero-order valence-corrected chi connectivity index (χ0v) is 19.2. The molecule has 3 aromatic carbocycles. The van der Waals surface area contributed by atoms with Gasteiger partial charge in [0.15, 0.2) is 0 Å². The average molecular weight is 481 g/mol. The molecule has 1 N–H and O–H groups in total. The molecule has 0 saturated heterocycles. The van der Waals surface area contributed by atoms with Gasteiger partial charge >= 0.3 is 5.97 Å². The van der Waals surface area contributed by atoms with E-state index in [1.165, 1.54) is 6.07 Å². The number of hydrogen-bond donors (Lipinski definition) is 1. The summed E-state index contributed by atoms with van der Waals surface area (Å²) < 4.78 is 5.43. The Morgan fingerprint density at radius 3 is 2.24 bits per heavy atom. The first-order valence-electron chi connectivity index (χ1n) is 9.96. The van der Waals surface area contributed by atoms with Crippen LogP contribution < -0.4 is 15.0 Å². The molecule has 0 atom stereocenters. The van der Waals surface area contributed by atoms with Crippen molar-refractivity contribution in [3.05, 3.63) is 99.2 Å². The largest absolute Gasteiger partial charge is 0.423 e. The predicted molar refractivity (Wildman–Crippen MR) is 128 cm³/mol. The molecule has 166 valence electrons. The van der Waals surface area contributed by atoms with Gasteiger partial charge in [-0.1, -0.05) is 47.5 Å². The van der Waals surface area contributed by atoms with Crippen LogP contribution in [0, 0.1) is 13.8 Å². The standard InChI is InChI=1S/C25H18Cl2N2O4/c1-14-7-12-18(13-19(14)26)29-23(30)21(27)22(24(29)31)28-17-10-8-16(9-11-17)25(32)33-20-6-4-3-5-15(20)2/h3-13,28H,1-2H3. The van der Waals surface area contributed by atoms with Crippen LogP contribution in [0.5, 0.6) is 5.75 Å². The van der Waals surface area contributed by atoms with Crippen LogP contribution in [0.2, 0.25) is 5.02 Å². The summed E-state index contributed by atoms with van der Waals surface area (Å²) in [5.74, 6) is -1.29. The van der Waals surface area contributed by atoms with Crippen LogP contribution in [0.15, 0.2) is 77.5 Å². The van der Waals surface area contributed by atoms with Gasteiger partial charge in [-0.3, -0.25) is 9.59 Å². The fourth-order valence-electron chi connectivity index (χ4n) is 3.23. The van der Waals surface area contributed by atoms with Crippen LogP contribution >= 0.6 is 23.2 Å². The number of amides is 2. The highest BCUT2D eigenvalue weighted by atomic mass is 35.5. The molecule has 0 spiro atoms. The molecule has 2 amide bonds. The van der Waals surface area contributed by atoms with Gasteiger partial charge in [-0.25, -0.2) is 9.69 Å².